The van der Waals surface area contributed by atoms with E-state index in [1.165, 1.54) is 6.07 Å². The number of hydrogen-bond donors (Lipinski definition) is 1. The van der Waals surface area contributed by atoms with Crippen LogP contribution in [0.15, 0.2) is 36.7 Å². The van der Waals surface area contributed by atoms with Gasteiger partial charge in [0.1, 0.15) is 5.82 Å². The van der Waals surface area contributed by atoms with E-state index >= 15 is 0 Å². The van der Waals surface area contributed by atoms with Crippen molar-refractivity contribution in [3.8, 4) is 0 Å². The molecule has 0 aliphatic heterocycles. The van der Waals surface area contributed by atoms with Crippen molar-refractivity contribution < 1.29 is 4.39 Å². The molecule has 0 spiro atoms. The molecule has 2 rings (SSSR count). The second-order valence-corrected chi connectivity index (χ2v) is 4.45. The predicted octanol–water partition coefficient (Wildman–Crippen LogP) is 3.15. The zero-order valence-electron chi connectivity index (χ0n) is 10.9. The van der Waals surface area contributed by atoms with Crippen LogP contribution in [0.4, 0.5) is 4.39 Å². The second kappa shape index (κ2) is 5.27. The largest absolute Gasteiger partial charge is 0.309 e. The van der Waals surface area contributed by atoms with E-state index in [2.05, 4.69) is 10.3 Å². The molecule has 3 heteroatoms. The molecule has 0 aliphatic rings. The minimum atomic E-state index is -0.206. The van der Waals surface area contributed by atoms with Gasteiger partial charge in [-0.3, -0.25) is 4.98 Å². The van der Waals surface area contributed by atoms with Crippen molar-refractivity contribution in [3.63, 3.8) is 0 Å². The average molecular weight is 244 g/mol. The Bertz CT molecular complexity index is 552. The molecule has 0 fully saturated rings. The van der Waals surface area contributed by atoms with Crippen LogP contribution in [0.1, 0.15) is 28.3 Å². The molecule has 1 aromatic carbocycles. The molecule has 1 aromatic heterocycles. The zero-order chi connectivity index (χ0) is 13.1. The molecular formula is C15H17FN2. The lowest BCUT2D eigenvalue weighted by Crippen LogP contribution is -2.20. The summed E-state index contributed by atoms with van der Waals surface area (Å²) in [5.41, 5.74) is 4.26. The predicted molar refractivity (Wildman–Crippen MR) is 71.0 cm³/mol. The van der Waals surface area contributed by atoms with Crippen LogP contribution < -0.4 is 5.32 Å². The first kappa shape index (κ1) is 12.7. The number of nitrogens with one attached hydrogen (secondary N) is 1. The minimum Gasteiger partial charge on any atom is -0.309 e. The molecule has 0 bridgehead atoms. The van der Waals surface area contributed by atoms with Crippen LogP contribution >= 0.6 is 0 Å². The van der Waals surface area contributed by atoms with Gasteiger partial charge in [-0.05, 0) is 61.3 Å². The molecule has 18 heavy (non-hydrogen) atoms. The third-order valence-corrected chi connectivity index (χ3v) is 3.22. The molecular weight excluding hydrogens is 227 g/mol. The van der Waals surface area contributed by atoms with E-state index in [4.69, 9.17) is 0 Å². The van der Waals surface area contributed by atoms with Gasteiger partial charge in [0, 0.05) is 12.4 Å². The van der Waals surface area contributed by atoms with E-state index in [9.17, 15) is 4.39 Å². The van der Waals surface area contributed by atoms with Crippen molar-refractivity contribution in [1.82, 2.24) is 10.3 Å². The van der Waals surface area contributed by atoms with Gasteiger partial charge < -0.3 is 5.32 Å². The van der Waals surface area contributed by atoms with Crippen molar-refractivity contribution in [2.45, 2.75) is 19.9 Å². The van der Waals surface area contributed by atoms with Gasteiger partial charge in [-0.2, -0.15) is 0 Å². The van der Waals surface area contributed by atoms with Crippen LogP contribution in [-0.2, 0) is 0 Å². The maximum Gasteiger partial charge on any atom is 0.123 e. The van der Waals surface area contributed by atoms with Crippen molar-refractivity contribution in [2.24, 2.45) is 0 Å². The summed E-state index contributed by atoms with van der Waals surface area (Å²) < 4.78 is 13.4. The van der Waals surface area contributed by atoms with Gasteiger partial charge in [0.15, 0.2) is 0 Å². The van der Waals surface area contributed by atoms with E-state index in [1.54, 1.807) is 12.3 Å². The van der Waals surface area contributed by atoms with Crippen LogP contribution in [-0.4, -0.2) is 12.0 Å². The molecule has 2 aromatic rings. The van der Waals surface area contributed by atoms with Crippen molar-refractivity contribution in [2.75, 3.05) is 7.05 Å². The van der Waals surface area contributed by atoms with E-state index < -0.39 is 0 Å². The van der Waals surface area contributed by atoms with Crippen molar-refractivity contribution in [3.05, 3.63) is 64.7 Å². The summed E-state index contributed by atoms with van der Waals surface area (Å²) in [4.78, 5) is 4.09. The smallest absolute Gasteiger partial charge is 0.123 e. The fraction of sp³-hybridized carbons (Fsp3) is 0.267. The van der Waals surface area contributed by atoms with Crippen LogP contribution in [0, 0.1) is 19.7 Å². The van der Waals surface area contributed by atoms with Gasteiger partial charge in [0.25, 0.3) is 0 Å². The molecule has 1 heterocycles. The summed E-state index contributed by atoms with van der Waals surface area (Å²) >= 11 is 0. The number of aryl methyl sites for hydroxylation is 2. The summed E-state index contributed by atoms with van der Waals surface area (Å²) in [6.45, 7) is 4.01. The Labute approximate surface area is 107 Å². The standard InChI is InChI=1S/C15H17FN2/c1-10-4-5-12(16)8-14(10)15(17-3)13-6-7-18-9-11(13)2/h4-9,15,17H,1-3H3. The molecule has 1 atom stereocenters. The van der Waals surface area contributed by atoms with Crippen LogP contribution in [0.5, 0.6) is 0 Å². The number of pyridine rings is 1. The molecule has 0 aliphatic carbocycles. The van der Waals surface area contributed by atoms with E-state index in [0.717, 1.165) is 22.3 Å². The molecule has 0 saturated carbocycles. The lowest BCUT2D eigenvalue weighted by molar-refractivity contribution is 0.614. The second-order valence-electron chi connectivity index (χ2n) is 4.45. The number of hydrogen-bond acceptors (Lipinski definition) is 2. The number of halogens is 1. The number of aromatic nitrogens is 1. The van der Waals surface area contributed by atoms with Gasteiger partial charge in [-0.25, -0.2) is 4.39 Å². The first-order valence-corrected chi connectivity index (χ1v) is 5.97. The molecule has 2 nitrogen and oxygen atoms in total. The first-order chi connectivity index (χ1) is 8.63. The molecule has 0 saturated heterocycles. The topological polar surface area (TPSA) is 24.9 Å². The Hall–Kier alpha value is -1.74. The first-order valence-electron chi connectivity index (χ1n) is 5.97. The third-order valence-electron chi connectivity index (χ3n) is 3.22. The van der Waals surface area contributed by atoms with E-state index in [-0.39, 0.29) is 11.9 Å². The van der Waals surface area contributed by atoms with Crippen LogP contribution in [0.2, 0.25) is 0 Å². The third kappa shape index (κ3) is 2.41. The minimum absolute atomic E-state index is 0.0105. The summed E-state index contributed by atoms with van der Waals surface area (Å²) in [7, 11) is 1.88. The summed E-state index contributed by atoms with van der Waals surface area (Å²) in [5, 5.41) is 3.25. The highest BCUT2D eigenvalue weighted by atomic mass is 19.1. The summed E-state index contributed by atoms with van der Waals surface area (Å²) in [6.07, 6.45) is 3.59. The Morgan fingerprint density at radius 2 is 1.89 bits per heavy atom. The van der Waals surface area contributed by atoms with E-state index in [0.29, 0.717) is 0 Å². The van der Waals surface area contributed by atoms with Gasteiger partial charge >= 0.3 is 0 Å². The number of rotatable bonds is 3. The average Bonchev–Trinajstić information content (AvgIpc) is 2.36. The highest BCUT2D eigenvalue weighted by molar-refractivity contribution is 5.39. The monoisotopic (exact) mass is 244 g/mol. The van der Waals surface area contributed by atoms with Crippen molar-refractivity contribution in [1.29, 1.82) is 0 Å². The Kier molecular flexibility index (Phi) is 3.72. The van der Waals surface area contributed by atoms with Gasteiger partial charge in [-0.15, -0.1) is 0 Å². The van der Waals surface area contributed by atoms with Crippen LogP contribution in [0.25, 0.3) is 0 Å². The van der Waals surface area contributed by atoms with Gasteiger partial charge in [0.2, 0.25) is 0 Å². The lowest BCUT2D eigenvalue weighted by Gasteiger charge is -2.21. The zero-order valence-corrected chi connectivity index (χ0v) is 10.9. The maximum atomic E-state index is 13.4. The highest BCUT2D eigenvalue weighted by Crippen LogP contribution is 2.26. The highest BCUT2D eigenvalue weighted by Gasteiger charge is 2.16. The molecule has 1 unspecified atom stereocenters. The lowest BCUT2D eigenvalue weighted by atomic mass is 9.93. The summed E-state index contributed by atoms with van der Waals surface area (Å²) in [5.74, 6) is -0.206. The fourth-order valence-electron chi connectivity index (χ4n) is 2.21. The molecule has 94 valence electrons. The van der Waals surface area contributed by atoms with Crippen molar-refractivity contribution >= 4 is 0 Å². The quantitative estimate of drug-likeness (QED) is 0.897. The SMILES string of the molecule is CNC(c1ccncc1C)c1cc(F)ccc1C. The fourth-order valence-corrected chi connectivity index (χ4v) is 2.21. The maximum absolute atomic E-state index is 13.4. The number of nitrogens with zero attached hydrogens (tertiary/aromatic N) is 1. The van der Waals surface area contributed by atoms with E-state index in [1.807, 2.05) is 39.2 Å². The Balaban J connectivity index is 2.52. The number of benzene rings is 1. The molecule has 1 N–H and O–H groups in total. The summed E-state index contributed by atoms with van der Waals surface area (Å²) in [6, 6.07) is 6.86. The van der Waals surface area contributed by atoms with Gasteiger partial charge in [0.05, 0.1) is 6.04 Å². The Morgan fingerprint density at radius 1 is 1.11 bits per heavy atom. The Morgan fingerprint density at radius 3 is 2.56 bits per heavy atom. The molecule has 0 amide bonds. The van der Waals surface area contributed by atoms with Gasteiger partial charge in [-0.1, -0.05) is 6.07 Å². The normalized spacial score (nSPS) is 12.4. The van der Waals surface area contributed by atoms with Crippen LogP contribution in [0.3, 0.4) is 0 Å². The molecule has 0 radical (unpaired) electrons.